The van der Waals surface area contributed by atoms with Crippen molar-refractivity contribution in [2.24, 2.45) is 0 Å². The van der Waals surface area contributed by atoms with Gasteiger partial charge in [0.2, 0.25) is 11.8 Å². The Kier molecular flexibility index (Phi) is 19.9. The molecule has 1 aliphatic rings. The van der Waals surface area contributed by atoms with E-state index in [0.29, 0.717) is 32.2 Å². The third kappa shape index (κ3) is 16.8. The zero-order valence-corrected chi connectivity index (χ0v) is 38.9. The van der Waals surface area contributed by atoms with Crippen molar-refractivity contribution < 1.29 is 65.8 Å². The zero-order valence-electron chi connectivity index (χ0n) is 36.2. The van der Waals surface area contributed by atoms with Gasteiger partial charge in [0.25, 0.3) is 21.2 Å². The number of carbonyl (C=O) groups excluding carboxylic acids is 2. The Bertz CT molecular complexity index is 2430. The minimum atomic E-state index is -6.20. The molecular weight excluding hydrogens is 935 g/mol. The number of aromatic nitrogens is 2. The molecule has 2 amide bonds. The van der Waals surface area contributed by atoms with Crippen LogP contribution in [0.25, 0.3) is 0 Å². The molecular formula is C43H52N5O16P3-4. The Morgan fingerprint density at radius 2 is 1.33 bits per heavy atom. The van der Waals surface area contributed by atoms with E-state index in [0.717, 1.165) is 53.3 Å². The van der Waals surface area contributed by atoms with Crippen LogP contribution in [-0.4, -0.2) is 58.4 Å². The smallest absolute Gasteiger partial charge is 0.330 e. The number of rotatable bonds is 27. The number of aliphatic hydroxyl groups excluding tert-OH is 1. The molecule has 1 fully saturated rings. The fourth-order valence-electron chi connectivity index (χ4n) is 7.42. The van der Waals surface area contributed by atoms with E-state index < -0.39 is 65.3 Å². The Morgan fingerprint density at radius 3 is 1.90 bits per heavy atom. The molecule has 0 bridgehead atoms. The van der Waals surface area contributed by atoms with Crippen molar-refractivity contribution in [2.75, 3.05) is 19.7 Å². The molecule has 0 spiro atoms. The zero-order chi connectivity index (χ0) is 48.5. The predicted octanol–water partition coefficient (Wildman–Crippen LogP) is 1.99. The molecule has 67 heavy (non-hydrogen) atoms. The number of carbonyl (C=O) groups is 2. The average molecular weight is 988 g/mol. The van der Waals surface area contributed by atoms with Crippen LogP contribution in [0.1, 0.15) is 86.3 Å². The van der Waals surface area contributed by atoms with Gasteiger partial charge < -0.3 is 49.1 Å². The third-order valence-corrected chi connectivity index (χ3v) is 14.2. The molecule has 3 aromatic carbocycles. The number of phosphoric acid groups is 3. The number of phosphoric ester groups is 1. The number of hydrogen-bond donors (Lipinski definition) is 5. The summed E-state index contributed by atoms with van der Waals surface area (Å²) in [6.07, 6.45) is 4.43. The van der Waals surface area contributed by atoms with Crippen LogP contribution in [0.5, 0.6) is 0 Å². The maximum absolute atomic E-state index is 12.6. The van der Waals surface area contributed by atoms with Crippen LogP contribution in [0.2, 0.25) is 0 Å². The number of aliphatic hydroxyl groups is 1. The summed E-state index contributed by atoms with van der Waals surface area (Å²) >= 11 is 0. The van der Waals surface area contributed by atoms with Crippen LogP contribution in [0.15, 0.2) is 119 Å². The molecule has 4 aromatic rings. The Balaban J connectivity index is 0.959. The topological polar surface area (TPSA) is 326 Å². The lowest BCUT2D eigenvalue weighted by Crippen LogP contribution is -2.45. The lowest BCUT2D eigenvalue weighted by Gasteiger charge is -2.37. The van der Waals surface area contributed by atoms with Crippen molar-refractivity contribution >= 4 is 35.3 Å². The predicted molar refractivity (Wildman–Crippen MR) is 235 cm³/mol. The van der Waals surface area contributed by atoms with Crippen molar-refractivity contribution in [3.63, 3.8) is 0 Å². The van der Waals surface area contributed by atoms with E-state index >= 15 is 0 Å². The second-order valence-electron chi connectivity index (χ2n) is 15.5. The summed E-state index contributed by atoms with van der Waals surface area (Å²) in [4.78, 5) is 96.3. The molecule has 0 radical (unpaired) electrons. The van der Waals surface area contributed by atoms with E-state index in [1.54, 1.807) is 0 Å². The molecule has 21 nitrogen and oxygen atoms in total. The molecule has 2 unspecified atom stereocenters. The molecule has 24 heteroatoms. The van der Waals surface area contributed by atoms with E-state index in [2.05, 4.69) is 70.5 Å². The normalized spacial score (nSPS) is 18.3. The molecule has 2 heterocycles. The van der Waals surface area contributed by atoms with Crippen molar-refractivity contribution in [3.8, 4) is 0 Å². The standard InChI is InChI=1S/C43H56N5O16P3/c49-36-29-40(62-37(36)31-61-66(57,58)64-67(59,60)63-65(54,55)56)48-30-32(41(52)47-42(48)53)17-16-27-45-39(51)24-12-4-14-26-44-38(50)25-13-5-15-28-46-43(33-18-6-1-7-19-33,34-20-8-2-9-21-34)35-22-10-3-11-23-35/h1-3,6-11,16,18-23,27,30,36-37,40,46,49H,4-5,12-15,17,24-26,28-29,31H2,(H,44,50)(H,45,51)(H,57,58)(H,59,60)(H,47,52,53)(H2,54,55,56)/p-4/b27-16+/t36-,37+,40+/m0/s1. The molecule has 5 atom stereocenters. The first kappa shape index (κ1) is 53.3. The van der Waals surface area contributed by atoms with E-state index in [1.807, 2.05) is 54.6 Å². The Labute approximate surface area is 386 Å². The summed E-state index contributed by atoms with van der Waals surface area (Å²) in [5, 5.41) is 19.8. The number of H-pyrrole nitrogens is 1. The van der Waals surface area contributed by atoms with Crippen LogP contribution in [-0.2, 0) is 53.1 Å². The van der Waals surface area contributed by atoms with Gasteiger partial charge in [-0.2, -0.15) is 0 Å². The Morgan fingerprint density at radius 1 is 0.776 bits per heavy atom. The van der Waals surface area contributed by atoms with Crippen molar-refractivity contribution in [1.82, 2.24) is 25.5 Å². The van der Waals surface area contributed by atoms with Crippen LogP contribution in [0, 0.1) is 0 Å². The molecule has 1 aromatic heterocycles. The second-order valence-corrected chi connectivity index (χ2v) is 19.7. The summed E-state index contributed by atoms with van der Waals surface area (Å²) < 4.78 is 51.0. The lowest BCUT2D eigenvalue weighted by atomic mass is 9.77. The SMILES string of the molecule is O=C(CCCCCNC(=O)CCCCCNC(c1ccccc1)(c1ccccc1)c1ccccc1)N/C=C/Cc1cn([C@H]2C[C@H](O)[C@@H](COP(=O)([O-])OP(=O)([O-])OP(=O)([O-])[O-])O2)c(=O)[nH]c1=O. The van der Waals surface area contributed by atoms with Crippen LogP contribution in [0.4, 0.5) is 0 Å². The molecule has 1 saturated heterocycles. The summed E-state index contributed by atoms with van der Waals surface area (Å²) in [7, 11) is -18.3. The van der Waals surface area contributed by atoms with Crippen molar-refractivity contribution in [3.05, 3.63) is 153 Å². The van der Waals surface area contributed by atoms with Gasteiger partial charge in [-0.1, -0.05) is 110 Å². The van der Waals surface area contributed by atoms with Gasteiger partial charge in [-0.25, -0.2) is 9.11 Å². The lowest BCUT2D eigenvalue weighted by molar-refractivity contribution is -0.339. The monoisotopic (exact) mass is 987 g/mol. The molecule has 1 aliphatic heterocycles. The highest BCUT2D eigenvalue weighted by Crippen LogP contribution is 2.60. The average Bonchev–Trinajstić information content (AvgIpc) is 3.65. The van der Waals surface area contributed by atoms with E-state index in [4.69, 9.17) is 4.74 Å². The quantitative estimate of drug-likeness (QED) is 0.0324. The number of allylic oxidation sites excluding steroid dienone is 1. The third-order valence-electron chi connectivity index (χ3n) is 10.5. The van der Waals surface area contributed by atoms with Crippen LogP contribution < -0.4 is 46.8 Å². The highest BCUT2D eigenvalue weighted by atomic mass is 31.3. The number of nitrogens with zero attached hydrogens (tertiary/aromatic N) is 1. The van der Waals surface area contributed by atoms with Gasteiger partial charge in [-0.3, -0.25) is 42.7 Å². The fraction of sp³-hybridized carbons (Fsp3) is 0.395. The fourth-order valence-corrected chi connectivity index (χ4v) is 10.3. The van der Waals surface area contributed by atoms with Crippen molar-refractivity contribution in [1.29, 1.82) is 0 Å². The van der Waals surface area contributed by atoms with E-state index in [-0.39, 0.29) is 36.6 Å². The number of aromatic amines is 1. The largest absolute Gasteiger partial charge is 0.790 e. The summed E-state index contributed by atoms with van der Waals surface area (Å²) in [6.45, 7) is 0.164. The minimum absolute atomic E-state index is 0.0183. The number of ether oxygens (including phenoxy) is 1. The van der Waals surface area contributed by atoms with Gasteiger partial charge in [0.1, 0.15) is 12.3 Å². The highest BCUT2D eigenvalue weighted by Gasteiger charge is 2.38. The summed E-state index contributed by atoms with van der Waals surface area (Å²) in [5.41, 5.74) is 1.24. The van der Waals surface area contributed by atoms with Gasteiger partial charge >= 0.3 is 5.69 Å². The first-order chi connectivity index (χ1) is 31.9. The van der Waals surface area contributed by atoms with Gasteiger partial charge in [0, 0.05) is 43.8 Å². The molecule has 5 N–H and O–H groups in total. The van der Waals surface area contributed by atoms with Crippen molar-refractivity contribution in [2.45, 2.75) is 88.2 Å². The number of amides is 2. The maximum atomic E-state index is 12.6. The molecule has 0 aliphatic carbocycles. The number of unbranched alkanes of at least 4 members (excludes halogenated alkanes) is 4. The minimum Gasteiger partial charge on any atom is -0.790 e. The molecule has 5 rings (SSSR count). The van der Waals surface area contributed by atoms with Gasteiger partial charge in [-0.15, -0.1) is 0 Å². The van der Waals surface area contributed by atoms with E-state index in [9.17, 15) is 57.6 Å². The van der Waals surface area contributed by atoms with Crippen LogP contribution in [0.3, 0.4) is 0 Å². The highest BCUT2D eigenvalue weighted by molar-refractivity contribution is 7.64. The Hall–Kier alpha value is -4.69. The summed E-state index contributed by atoms with van der Waals surface area (Å²) in [5.74, 6) is -0.298. The number of nitrogens with one attached hydrogen (secondary N) is 4. The first-order valence-electron chi connectivity index (χ1n) is 21.4. The number of hydrogen-bond acceptors (Lipinski definition) is 17. The molecule has 0 saturated carbocycles. The first-order valence-corrected chi connectivity index (χ1v) is 25.8. The second kappa shape index (κ2) is 25.1. The maximum Gasteiger partial charge on any atom is 0.330 e. The van der Waals surface area contributed by atoms with Gasteiger partial charge in [0.05, 0.1) is 26.1 Å². The van der Waals surface area contributed by atoms with Crippen LogP contribution >= 0.6 is 23.5 Å². The summed E-state index contributed by atoms with van der Waals surface area (Å²) in [6, 6.07) is 31.2. The van der Waals surface area contributed by atoms with Gasteiger partial charge in [-0.05, 0) is 55.3 Å². The number of benzene rings is 3. The van der Waals surface area contributed by atoms with Gasteiger partial charge in [0.15, 0.2) is 0 Å². The van der Waals surface area contributed by atoms with E-state index in [1.165, 1.54) is 12.3 Å². The molecule has 364 valence electrons.